The van der Waals surface area contributed by atoms with Crippen LogP contribution in [0.1, 0.15) is 24.2 Å². The Morgan fingerprint density at radius 1 is 1.11 bits per heavy atom. The number of hydrogen-bond donors (Lipinski definition) is 1. The van der Waals surface area contributed by atoms with Crippen LogP contribution in [-0.4, -0.2) is 5.11 Å². The van der Waals surface area contributed by atoms with Gasteiger partial charge in [0, 0.05) is 0 Å². The molecule has 2 aromatic carbocycles. The van der Waals surface area contributed by atoms with E-state index in [1.807, 2.05) is 49.4 Å². The van der Waals surface area contributed by atoms with Crippen molar-refractivity contribution >= 4 is 15.9 Å². The van der Waals surface area contributed by atoms with Gasteiger partial charge in [-0.1, -0.05) is 23.8 Å². The Bertz CT molecular complexity index is 533. The zero-order valence-electron chi connectivity index (χ0n) is 10.4. The van der Waals surface area contributed by atoms with Crippen molar-refractivity contribution in [3.63, 3.8) is 0 Å². The topological polar surface area (TPSA) is 29.5 Å². The summed E-state index contributed by atoms with van der Waals surface area (Å²) < 4.78 is 6.61. The van der Waals surface area contributed by atoms with Crippen molar-refractivity contribution in [1.29, 1.82) is 0 Å². The molecule has 0 amide bonds. The van der Waals surface area contributed by atoms with Gasteiger partial charge >= 0.3 is 0 Å². The number of aryl methyl sites for hydroxylation is 1. The van der Waals surface area contributed by atoms with Gasteiger partial charge in [0.2, 0.25) is 0 Å². The van der Waals surface area contributed by atoms with Gasteiger partial charge < -0.3 is 9.84 Å². The van der Waals surface area contributed by atoms with Crippen LogP contribution in [-0.2, 0) is 0 Å². The molecule has 0 aromatic heterocycles. The van der Waals surface area contributed by atoms with E-state index < -0.39 is 6.10 Å². The molecule has 0 radical (unpaired) electrons. The lowest BCUT2D eigenvalue weighted by Crippen LogP contribution is -1.92. The highest BCUT2D eigenvalue weighted by Crippen LogP contribution is 2.32. The monoisotopic (exact) mass is 306 g/mol. The van der Waals surface area contributed by atoms with Crippen molar-refractivity contribution in [3.05, 3.63) is 58.1 Å². The van der Waals surface area contributed by atoms with E-state index in [2.05, 4.69) is 15.9 Å². The van der Waals surface area contributed by atoms with Gasteiger partial charge in [-0.05, 0) is 59.6 Å². The lowest BCUT2D eigenvalue weighted by Gasteiger charge is -2.11. The third kappa shape index (κ3) is 3.12. The molecular formula is C15H15BrO2. The Morgan fingerprint density at radius 3 is 2.33 bits per heavy atom. The van der Waals surface area contributed by atoms with Crippen LogP contribution in [0.15, 0.2) is 46.9 Å². The summed E-state index contributed by atoms with van der Waals surface area (Å²) in [5.41, 5.74) is 2.06. The molecule has 3 heteroatoms. The van der Waals surface area contributed by atoms with Gasteiger partial charge in [-0.25, -0.2) is 0 Å². The minimum atomic E-state index is -0.477. The standard InChI is InChI=1S/C15H15BrO2/c1-10-3-6-13(7-4-10)18-15-8-5-12(11(2)17)9-14(15)16/h3-9,11,17H,1-2H3. The number of aliphatic hydroxyl groups is 1. The van der Waals surface area contributed by atoms with E-state index in [9.17, 15) is 5.11 Å². The quantitative estimate of drug-likeness (QED) is 0.897. The number of ether oxygens (including phenoxy) is 1. The fourth-order valence-electron chi connectivity index (χ4n) is 1.59. The third-order valence-corrected chi connectivity index (χ3v) is 3.31. The van der Waals surface area contributed by atoms with E-state index in [-0.39, 0.29) is 0 Å². The Labute approximate surface area is 115 Å². The van der Waals surface area contributed by atoms with Gasteiger partial charge in [0.25, 0.3) is 0 Å². The van der Waals surface area contributed by atoms with Gasteiger partial charge in [-0.15, -0.1) is 0 Å². The first kappa shape index (κ1) is 13.1. The van der Waals surface area contributed by atoms with Crippen molar-refractivity contribution in [2.45, 2.75) is 20.0 Å². The average molecular weight is 307 g/mol. The average Bonchev–Trinajstić information content (AvgIpc) is 2.34. The third-order valence-electron chi connectivity index (χ3n) is 2.69. The first-order valence-corrected chi connectivity index (χ1v) is 6.57. The molecule has 0 aliphatic carbocycles. The van der Waals surface area contributed by atoms with Crippen molar-refractivity contribution < 1.29 is 9.84 Å². The first-order valence-electron chi connectivity index (χ1n) is 5.78. The fraction of sp³-hybridized carbons (Fsp3) is 0.200. The maximum Gasteiger partial charge on any atom is 0.141 e. The minimum absolute atomic E-state index is 0.477. The number of benzene rings is 2. The molecule has 0 spiro atoms. The van der Waals surface area contributed by atoms with Gasteiger partial charge in [0.05, 0.1) is 10.6 Å². The van der Waals surface area contributed by atoms with Crippen LogP contribution in [0.3, 0.4) is 0 Å². The van der Waals surface area contributed by atoms with Gasteiger partial charge in [-0.3, -0.25) is 0 Å². The summed E-state index contributed by atoms with van der Waals surface area (Å²) >= 11 is 3.45. The molecule has 18 heavy (non-hydrogen) atoms. The second kappa shape index (κ2) is 5.55. The van der Waals surface area contributed by atoms with Crippen LogP contribution in [0.25, 0.3) is 0 Å². The van der Waals surface area contributed by atoms with E-state index >= 15 is 0 Å². The first-order chi connectivity index (χ1) is 8.56. The van der Waals surface area contributed by atoms with Gasteiger partial charge in [0.1, 0.15) is 11.5 Å². The van der Waals surface area contributed by atoms with Crippen LogP contribution >= 0.6 is 15.9 Å². The Morgan fingerprint density at radius 2 is 1.78 bits per heavy atom. The molecule has 1 N–H and O–H groups in total. The van der Waals surface area contributed by atoms with Crippen LogP contribution in [0.4, 0.5) is 0 Å². The zero-order chi connectivity index (χ0) is 13.1. The van der Waals surface area contributed by atoms with E-state index in [1.54, 1.807) is 6.92 Å². The SMILES string of the molecule is Cc1ccc(Oc2ccc(C(C)O)cc2Br)cc1. The van der Waals surface area contributed by atoms with E-state index in [4.69, 9.17) is 4.74 Å². The molecular weight excluding hydrogens is 292 g/mol. The molecule has 1 atom stereocenters. The molecule has 0 fully saturated rings. The molecule has 0 saturated carbocycles. The second-order valence-corrected chi connectivity index (χ2v) is 5.14. The normalized spacial score (nSPS) is 12.2. The molecule has 2 nitrogen and oxygen atoms in total. The molecule has 2 aromatic rings. The number of rotatable bonds is 3. The van der Waals surface area contributed by atoms with Crippen molar-refractivity contribution in [2.75, 3.05) is 0 Å². The summed E-state index contributed by atoms with van der Waals surface area (Å²) in [6.07, 6.45) is -0.477. The van der Waals surface area contributed by atoms with E-state index in [0.29, 0.717) is 0 Å². The van der Waals surface area contributed by atoms with Crippen LogP contribution < -0.4 is 4.74 Å². The van der Waals surface area contributed by atoms with E-state index in [0.717, 1.165) is 21.5 Å². The van der Waals surface area contributed by atoms with Crippen LogP contribution in [0.2, 0.25) is 0 Å². The summed E-state index contributed by atoms with van der Waals surface area (Å²) in [4.78, 5) is 0. The fourth-order valence-corrected chi connectivity index (χ4v) is 2.07. The highest BCUT2D eigenvalue weighted by atomic mass is 79.9. The van der Waals surface area contributed by atoms with Crippen molar-refractivity contribution in [2.24, 2.45) is 0 Å². The lowest BCUT2D eigenvalue weighted by molar-refractivity contribution is 0.199. The van der Waals surface area contributed by atoms with Crippen molar-refractivity contribution in [1.82, 2.24) is 0 Å². The number of halogens is 1. The van der Waals surface area contributed by atoms with E-state index in [1.165, 1.54) is 5.56 Å². The highest BCUT2D eigenvalue weighted by molar-refractivity contribution is 9.10. The van der Waals surface area contributed by atoms with Gasteiger partial charge in [-0.2, -0.15) is 0 Å². The maximum atomic E-state index is 9.50. The maximum absolute atomic E-state index is 9.50. The van der Waals surface area contributed by atoms with Crippen LogP contribution in [0.5, 0.6) is 11.5 Å². The van der Waals surface area contributed by atoms with Gasteiger partial charge in [0.15, 0.2) is 0 Å². The minimum Gasteiger partial charge on any atom is -0.456 e. The zero-order valence-corrected chi connectivity index (χ0v) is 11.9. The highest BCUT2D eigenvalue weighted by Gasteiger charge is 2.07. The second-order valence-electron chi connectivity index (χ2n) is 4.28. The molecule has 0 bridgehead atoms. The molecule has 94 valence electrons. The molecule has 0 aliphatic rings. The number of aliphatic hydroxyl groups excluding tert-OH is 1. The van der Waals surface area contributed by atoms with Crippen LogP contribution in [0, 0.1) is 6.92 Å². The smallest absolute Gasteiger partial charge is 0.141 e. The molecule has 0 heterocycles. The Kier molecular flexibility index (Phi) is 4.04. The Hall–Kier alpha value is -1.32. The summed E-state index contributed by atoms with van der Waals surface area (Å²) in [5.74, 6) is 1.54. The summed E-state index contributed by atoms with van der Waals surface area (Å²) in [5, 5.41) is 9.50. The lowest BCUT2D eigenvalue weighted by atomic mass is 10.1. The molecule has 0 aliphatic heterocycles. The molecule has 1 unspecified atom stereocenters. The Balaban J connectivity index is 2.22. The van der Waals surface area contributed by atoms with Crippen molar-refractivity contribution in [3.8, 4) is 11.5 Å². The number of hydrogen-bond acceptors (Lipinski definition) is 2. The predicted octanol–water partition coefficient (Wildman–Crippen LogP) is 4.60. The molecule has 2 rings (SSSR count). The molecule has 0 saturated heterocycles. The largest absolute Gasteiger partial charge is 0.456 e. The predicted molar refractivity (Wildman–Crippen MR) is 76.0 cm³/mol. The summed E-state index contributed by atoms with van der Waals surface area (Å²) in [7, 11) is 0. The summed E-state index contributed by atoms with van der Waals surface area (Å²) in [6.45, 7) is 3.78. The summed E-state index contributed by atoms with van der Waals surface area (Å²) in [6, 6.07) is 13.5.